The molecule has 0 saturated heterocycles. The van der Waals surface area contributed by atoms with Gasteiger partial charge < -0.3 is 48.5 Å². The summed E-state index contributed by atoms with van der Waals surface area (Å²) in [5, 5.41) is 5.45. The average Bonchev–Trinajstić information content (AvgIpc) is 3.20. The molecule has 17 nitrogen and oxygen atoms in total. The van der Waals surface area contributed by atoms with Crippen molar-refractivity contribution in [2.45, 2.75) is 31.7 Å². The lowest BCUT2D eigenvalue weighted by atomic mass is 9.86. The molecule has 0 heterocycles. The first-order chi connectivity index (χ1) is 26.2. The number of hydrogen-bond acceptors (Lipinski definition) is 15. The molecule has 2 atom stereocenters. The summed E-state index contributed by atoms with van der Waals surface area (Å²) in [5.41, 5.74) is -2.86. The third kappa shape index (κ3) is 19.0. The van der Waals surface area contributed by atoms with Crippen molar-refractivity contribution in [3.8, 4) is 0 Å². The summed E-state index contributed by atoms with van der Waals surface area (Å²) in [4.78, 5) is 85.0. The molecule has 1 aliphatic rings. The zero-order valence-electron chi connectivity index (χ0n) is 30.9. The Bertz CT molecular complexity index is 1330. The van der Waals surface area contributed by atoms with Gasteiger partial charge in [0.25, 0.3) is 0 Å². The van der Waals surface area contributed by atoms with Crippen LogP contribution in [0.4, 0.5) is 9.59 Å². The summed E-state index contributed by atoms with van der Waals surface area (Å²) in [6, 6.07) is -0.348. The minimum absolute atomic E-state index is 0.0963. The Morgan fingerprint density at radius 3 is 1.25 bits per heavy atom. The lowest BCUT2D eigenvalue weighted by Crippen LogP contribution is -2.46. The molecule has 0 aromatic heterocycles. The van der Waals surface area contributed by atoms with E-state index in [2.05, 4.69) is 56.7 Å². The number of carbonyl (C=O) groups is 7. The van der Waals surface area contributed by atoms with E-state index in [4.69, 9.17) is 37.9 Å². The van der Waals surface area contributed by atoms with E-state index in [0.29, 0.717) is 25.7 Å². The molecular weight excluding hydrogens is 724 g/mol. The predicted octanol–water partition coefficient (Wildman–Crippen LogP) is 3.33. The molecule has 2 amide bonds. The molecule has 2 unspecified atom stereocenters. The minimum Gasteiger partial charge on any atom is -0.493 e. The molecule has 55 heavy (non-hydrogen) atoms. The van der Waals surface area contributed by atoms with E-state index < -0.39 is 85.9 Å². The quantitative estimate of drug-likeness (QED) is 0.0424. The van der Waals surface area contributed by atoms with Crippen molar-refractivity contribution >= 4 is 42.0 Å². The van der Waals surface area contributed by atoms with Gasteiger partial charge in [-0.25, -0.2) is 33.6 Å². The molecule has 1 fully saturated rings. The van der Waals surface area contributed by atoms with Crippen molar-refractivity contribution in [1.29, 1.82) is 0 Å². The van der Waals surface area contributed by atoms with Crippen LogP contribution in [-0.2, 0) is 61.9 Å². The standard InChI is InChI=1S/C38H50N2O15/c1-8-27(7)48-19-37(20-49-30(41)9-2,21-50-31(42)10-3)26-55-36(47)40-29-16-14-15-28(17-29)18-39-35(46)54-25-38(22-51-32(43)11-4,23-52-33(44)12-5)24-53-34(45)13-6/h8-13,28-29H,1-7,14-26H2,(H,39,46)(H,40,47). The molecule has 2 N–H and O–H groups in total. The number of ether oxygens (including phenoxy) is 8. The maximum Gasteiger partial charge on any atom is 0.407 e. The first kappa shape index (κ1) is 46.9. The molecule has 0 bridgehead atoms. The van der Waals surface area contributed by atoms with Gasteiger partial charge >= 0.3 is 42.0 Å². The van der Waals surface area contributed by atoms with Crippen molar-refractivity contribution in [3.05, 3.63) is 88.3 Å². The van der Waals surface area contributed by atoms with E-state index in [0.717, 1.165) is 30.4 Å². The van der Waals surface area contributed by atoms with E-state index in [9.17, 15) is 33.6 Å². The highest BCUT2D eigenvalue weighted by Crippen LogP contribution is 2.26. The highest BCUT2D eigenvalue weighted by Gasteiger charge is 2.39. The zero-order valence-corrected chi connectivity index (χ0v) is 30.9. The Balaban J connectivity index is 2.92. The summed E-state index contributed by atoms with van der Waals surface area (Å²) in [7, 11) is 0. The molecular formula is C38H50N2O15. The van der Waals surface area contributed by atoms with Crippen LogP contribution in [0.1, 0.15) is 25.7 Å². The van der Waals surface area contributed by atoms with Crippen LogP contribution in [0.5, 0.6) is 0 Å². The first-order valence-corrected chi connectivity index (χ1v) is 16.9. The van der Waals surface area contributed by atoms with Crippen molar-refractivity contribution < 1.29 is 71.5 Å². The van der Waals surface area contributed by atoms with Gasteiger partial charge in [-0.1, -0.05) is 52.5 Å². The summed E-state index contributed by atoms with van der Waals surface area (Å²) >= 11 is 0. The Morgan fingerprint density at radius 2 is 0.873 bits per heavy atom. The van der Waals surface area contributed by atoms with Crippen molar-refractivity contribution in [1.82, 2.24) is 10.6 Å². The minimum atomic E-state index is -1.50. The van der Waals surface area contributed by atoms with Gasteiger partial charge in [0.15, 0.2) is 0 Å². The fourth-order valence-electron chi connectivity index (χ4n) is 4.75. The lowest BCUT2D eigenvalue weighted by molar-refractivity contribution is -0.159. The van der Waals surface area contributed by atoms with Gasteiger partial charge in [-0.3, -0.25) is 0 Å². The van der Waals surface area contributed by atoms with Crippen LogP contribution in [0, 0.1) is 16.7 Å². The number of alkyl carbamates (subject to hydrolysis) is 2. The maximum absolute atomic E-state index is 13.0. The molecule has 17 heteroatoms. The maximum atomic E-state index is 13.0. The second-order valence-electron chi connectivity index (χ2n) is 12.4. The highest BCUT2D eigenvalue weighted by molar-refractivity contribution is 5.83. The van der Waals surface area contributed by atoms with Gasteiger partial charge in [0.1, 0.15) is 69.4 Å². The van der Waals surface area contributed by atoms with Crippen molar-refractivity contribution in [2.24, 2.45) is 16.7 Å². The lowest BCUT2D eigenvalue weighted by Gasteiger charge is -2.33. The number of amides is 2. The average molecular weight is 775 g/mol. The number of nitrogens with one attached hydrogen (secondary N) is 2. The normalized spacial score (nSPS) is 14.8. The second-order valence-corrected chi connectivity index (χ2v) is 12.4. The van der Waals surface area contributed by atoms with Crippen LogP contribution in [0.15, 0.2) is 88.3 Å². The Kier molecular flexibility index (Phi) is 21.3. The number of allylic oxidation sites excluding steroid dienone is 1. The van der Waals surface area contributed by atoms with E-state index in [1.54, 1.807) is 0 Å². The van der Waals surface area contributed by atoms with Crippen LogP contribution in [-0.4, -0.2) is 107 Å². The molecule has 0 aromatic carbocycles. The number of carbonyl (C=O) groups excluding carboxylic acids is 7. The van der Waals surface area contributed by atoms with Gasteiger partial charge in [0.05, 0.1) is 0 Å². The van der Waals surface area contributed by atoms with Gasteiger partial charge in [0.2, 0.25) is 0 Å². The predicted molar refractivity (Wildman–Crippen MR) is 196 cm³/mol. The molecule has 1 saturated carbocycles. The van der Waals surface area contributed by atoms with Crippen LogP contribution in [0.2, 0.25) is 0 Å². The second kappa shape index (κ2) is 25.0. The largest absolute Gasteiger partial charge is 0.493 e. The number of hydrogen-bond donors (Lipinski definition) is 2. The highest BCUT2D eigenvalue weighted by atomic mass is 16.6. The molecule has 302 valence electrons. The molecule has 0 spiro atoms. The molecule has 0 aromatic rings. The molecule has 0 aliphatic heterocycles. The van der Waals surface area contributed by atoms with E-state index in [1.165, 1.54) is 6.08 Å². The van der Waals surface area contributed by atoms with Gasteiger partial charge in [-0.05, 0) is 31.3 Å². The van der Waals surface area contributed by atoms with Crippen molar-refractivity contribution in [3.63, 3.8) is 0 Å². The van der Waals surface area contributed by atoms with E-state index in [-0.39, 0.29) is 44.1 Å². The molecule has 0 radical (unpaired) electrons. The summed E-state index contributed by atoms with van der Waals surface area (Å²) in [6.45, 7) is 20.7. The Labute approximate surface area is 320 Å². The van der Waals surface area contributed by atoms with Gasteiger partial charge in [-0.2, -0.15) is 0 Å². The fourth-order valence-corrected chi connectivity index (χ4v) is 4.75. The topological polar surface area (TPSA) is 217 Å². The summed E-state index contributed by atoms with van der Waals surface area (Å²) in [5.74, 6) is -3.94. The van der Waals surface area contributed by atoms with Crippen LogP contribution in [0.25, 0.3) is 0 Å². The fraction of sp³-hybridized carbons (Fsp3) is 0.447. The summed E-state index contributed by atoms with van der Waals surface area (Å²) < 4.78 is 42.3. The summed E-state index contributed by atoms with van der Waals surface area (Å²) in [6.07, 6.45) is 6.70. The van der Waals surface area contributed by atoms with Crippen molar-refractivity contribution in [2.75, 3.05) is 59.4 Å². The molecule has 1 aliphatic carbocycles. The Morgan fingerprint density at radius 1 is 0.509 bits per heavy atom. The Hall–Kier alpha value is -6.13. The van der Waals surface area contributed by atoms with Crippen LogP contribution in [0.3, 0.4) is 0 Å². The number of esters is 5. The van der Waals surface area contributed by atoms with Crippen LogP contribution < -0.4 is 10.6 Å². The van der Waals surface area contributed by atoms with Crippen LogP contribution >= 0.6 is 0 Å². The third-order valence-corrected chi connectivity index (χ3v) is 7.89. The third-order valence-electron chi connectivity index (χ3n) is 7.89. The SMILES string of the molecule is C=CC(=C)OCC(COC(=O)C=C)(COC(=O)C=C)COC(=O)NC1CCCC(CNC(=O)OCC(COC(=O)C=C)(COC(=O)C=C)COC(=O)C=C)C1. The monoisotopic (exact) mass is 774 g/mol. The smallest absolute Gasteiger partial charge is 0.407 e. The molecule has 1 rings (SSSR count). The van der Waals surface area contributed by atoms with E-state index in [1.807, 2.05) is 0 Å². The van der Waals surface area contributed by atoms with E-state index >= 15 is 0 Å². The number of rotatable bonds is 26. The first-order valence-electron chi connectivity index (χ1n) is 16.9. The van der Waals surface area contributed by atoms with Gasteiger partial charge in [-0.15, -0.1) is 0 Å². The zero-order chi connectivity index (χ0) is 41.3. The van der Waals surface area contributed by atoms with Gasteiger partial charge in [0, 0.05) is 43.0 Å².